The molecule has 0 saturated heterocycles. The highest BCUT2D eigenvalue weighted by Crippen LogP contribution is 2.11. The van der Waals surface area contributed by atoms with Crippen LogP contribution in [-0.4, -0.2) is 43.4 Å². The second kappa shape index (κ2) is 7.74. The highest BCUT2D eigenvalue weighted by Gasteiger charge is 2.07. The van der Waals surface area contributed by atoms with Gasteiger partial charge in [-0.05, 0) is 6.92 Å². The largest absolute Gasteiger partial charge is 0.355 e. The lowest BCUT2D eigenvalue weighted by Crippen LogP contribution is -2.28. The number of aromatic amines is 2. The molecule has 22 heavy (non-hydrogen) atoms. The van der Waals surface area contributed by atoms with Crippen LogP contribution in [0.2, 0.25) is 0 Å². The predicted molar refractivity (Wildman–Crippen MR) is 82.8 cm³/mol. The van der Waals surface area contributed by atoms with Crippen molar-refractivity contribution in [1.82, 2.24) is 30.5 Å². The molecular formula is C13H18N6O2S. The average molecular weight is 322 g/mol. The van der Waals surface area contributed by atoms with Crippen molar-refractivity contribution in [2.45, 2.75) is 31.8 Å². The first-order chi connectivity index (χ1) is 10.6. The van der Waals surface area contributed by atoms with Gasteiger partial charge in [-0.2, -0.15) is 0 Å². The highest BCUT2D eigenvalue weighted by atomic mass is 32.2. The minimum absolute atomic E-state index is 0.102. The number of nitrogens with one attached hydrogen (secondary N) is 3. The molecule has 0 bridgehead atoms. The second-order valence-corrected chi connectivity index (χ2v) is 5.57. The molecule has 2 rings (SSSR count). The second-order valence-electron chi connectivity index (χ2n) is 4.63. The summed E-state index contributed by atoms with van der Waals surface area (Å²) in [5.41, 5.74) is 0.483. The number of carbonyl (C=O) groups excluding carboxylic acids is 1. The fraction of sp³-hybridized carbons (Fsp3) is 0.462. The van der Waals surface area contributed by atoms with Gasteiger partial charge >= 0.3 is 0 Å². The molecule has 0 saturated carbocycles. The molecule has 0 aromatic carbocycles. The van der Waals surface area contributed by atoms with Gasteiger partial charge in [0, 0.05) is 31.1 Å². The van der Waals surface area contributed by atoms with Crippen molar-refractivity contribution in [3.05, 3.63) is 33.8 Å². The molecule has 0 radical (unpaired) electrons. The summed E-state index contributed by atoms with van der Waals surface area (Å²) in [5, 5.41) is 10.2. The maximum Gasteiger partial charge on any atom is 0.251 e. The Kier molecular flexibility index (Phi) is 5.70. The minimum Gasteiger partial charge on any atom is -0.355 e. The fourth-order valence-electron chi connectivity index (χ4n) is 1.78. The van der Waals surface area contributed by atoms with Crippen LogP contribution in [0.5, 0.6) is 0 Å². The lowest BCUT2D eigenvalue weighted by molar-refractivity contribution is -0.118. The highest BCUT2D eigenvalue weighted by molar-refractivity contribution is 7.99. The molecule has 8 nitrogen and oxygen atoms in total. The van der Waals surface area contributed by atoms with Gasteiger partial charge in [0.1, 0.15) is 11.6 Å². The molecule has 1 amide bonds. The van der Waals surface area contributed by atoms with Crippen molar-refractivity contribution >= 4 is 17.7 Å². The molecule has 0 spiro atoms. The van der Waals surface area contributed by atoms with Crippen LogP contribution in [0.4, 0.5) is 0 Å². The molecule has 2 aromatic heterocycles. The zero-order chi connectivity index (χ0) is 15.9. The van der Waals surface area contributed by atoms with Crippen molar-refractivity contribution in [2.75, 3.05) is 12.3 Å². The van der Waals surface area contributed by atoms with E-state index in [1.54, 1.807) is 6.92 Å². The number of aromatic nitrogens is 5. The summed E-state index contributed by atoms with van der Waals surface area (Å²) in [6.07, 6.45) is 1.30. The molecule has 9 heteroatoms. The lowest BCUT2D eigenvalue weighted by atomic mass is 10.3. The maximum absolute atomic E-state index is 11.7. The first-order valence-electron chi connectivity index (χ1n) is 6.94. The Hall–Kier alpha value is -2.16. The topological polar surface area (TPSA) is 116 Å². The Bertz CT molecular complexity index is 696. The van der Waals surface area contributed by atoms with Crippen molar-refractivity contribution < 1.29 is 4.79 Å². The number of H-pyrrole nitrogens is 2. The summed E-state index contributed by atoms with van der Waals surface area (Å²) in [5.74, 6) is 1.52. The molecule has 2 aromatic rings. The third kappa shape index (κ3) is 4.99. The van der Waals surface area contributed by atoms with E-state index in [0.29, 0.717) is 29.6 Å². The van der Waals surface area contributed by atoms with E-state index >= 15 is 0 Å². The van der Waals surface area contributed by atoms with Gasteiger partial charge in [0.05, 0.1) is 5.75 Å². The monoisotopic (exact) mass is 322 g/mol. The SMILES string of the molecule is CCc1nc(SCC(=O)NCCc2cc(=O)[nH]c(C)n2)n[nH]1. The van der Waals surface area contributed by atoms with Crippen LogP contribution < -0.4 is 10.9 Å². The molecule has 0 aliphatic carbocycles. The summed E-state index contributed by atoms with van der Waals surface area (Å²) in [6.45, 7) is 4.14. The van der Waals surface area contributed by atoms with Gasteiger partial charge in [-0.15, -0.1) is 5.10 Å². The fourth-order valence-corrected chi connectivity index (χ4v) is 2.43. The number of hydrogen-bond donors (Lipinski definition) is 3. The molecule has 0 fully saturated rings. The zero-order valence-corrected chi connectivity index (χ0v) is 13.3. The summed E-state index contributed by atoms with van der Waals surface area (Å²) in [7, 11) is 0. The summed E-state index contributed by atoms with van der Waals surface area (Å²) in [4.78, 5) is 34.0. The third-order valence-electron chi connectivity index (χ3n) is 2.79. The van der Waals surface area contributed by atoms with E-state index in [2.05, 4.69) is 30.5 Å². The first kappa shape index (κ1) is 16.2. The number of rotatable bonds is 7. The molecule has 0 aliphatic heterocycles. The van der Waals surface area contributed by atoms with Gasteiger partial charge in [0.25, 0.3) is 5.56 Å². The number of hydrogen-bond acceptors (Lipinski definition) is 6. The quantitative estimate of drug-likeness (QED) is 0.627. The van der Waals surface area contributed by atoms with Gasteiger partial charge in [-0.1, -0.05) is 18.7 Å². The molecule has 0 unspecified atom stereocenters. The lowest BCUT2D eigenvalue weighted by Gasteiger charge is -2.04. The number of nitrogens with zero attached hydrogens (tertiary/aromatic N) is 3. The van der Waals surface area contributed by atoms with Crippen LogP contribution in [0.3, 0.4) is 0 Å². The van der Waals surface area contributed by atoms with Crippen molar-refractivity contribution in [1.29, 1.82) is 0 Å². The Labute approximate surface area is 131 Å². The Morgan fingerprint density at radius 3 is 2.91 bits per heavy atom. The van der Waals surface area contributed by atoms with Crippen LogP contribution in [-0.2, 0) is 17.6 Å². The Morgan fingerprint density at radius 1 is 1.41 bits per heavy atom. The number of carbonyl (C=O) groups is 1. The van der Waals surface area contributed by atoms with Crippen molar-refractivity contribution in [2.24, 2.45) is 0 Å². The number of thioether (sulfide) groups is 1. The average Bonchev–Trinajstić information content (AvgIpc) is 2.92. The summed E-state index contributed by atoms with van der Waals surface area (Å²) in [6, 6.07) is 1.44. The van der Waals surface area contributed by atoms with Crippen LogP contribution in [0.1, 0.15) is 24.3 Å². The van der Waals surface area contributed by atoms with E-state index in [1.807, 2.05) is 6.92 Å². The standard InChI is InChI=1S/C13H18N6O2S/c1-3-10-17-13(19-18-10)22-7-12(21)14-5-4-9-6-11(20)16-8(2)15-9/h6H,3-5,7H2,1-2H3,(H,14,21)(H,15,16,20)(H,17,18,19). The maximum atomic E-state index is 11.7. The minimum atomic E-state index is -0.180. The summed E-state index contributed by atoms with van der Waals surface area (Å²) < 4.78 is 0. The summed E-state index contributed by atoms with van der Waals surface area (Å²) >= 11 is 1.28. The first-order valence-corrected chi connectivity index (χ1v) is 7.93. The van der Waals surface area contributed by atoms with Gasteiger partial charge < -0.3 is 10.3 Å². The van der Waals surface area contributed by atoms with Crippen LogP contribution >= 0.6 is 11.8 Å². The zero-order valence-electron chi connectivity index (χ0n) is 12.5. The van der Waals surface area contributed by atoms with E-state index < -0.39 is 0 Å². The number of amides is 1. The van der Waals surface area contributed by atoms with Crippen LogP contribution in [0, 0.1) is 6.92 Å². The van der Waals surface area contributed by atoms with Gasteiger partial charge in [-0.3, -0.25) is 14.7 Å². The molecule has 0 aliphatic rings. The van der Waals surface area contributed by atoms with E-state index in [4.69, 9.17) is 0 Å². The molecule has 2 heterocycles. The van der Waals surface area contributed by atoms with Gasteiger partial charge in [0.15, 0.2) is 0 Å². The molecular weight excluding hydrogens is 304 g/mol. The Morgan fingerprint density at radius 2 is 2.23 bits per heavy atom. The molecule has 118 valence electrons. The van der Waals surface area contributed by atoms with Crippen LogP contribution in [0.15, 0.2) is 16.0 Å². The Balaban J connectivity index is 1.72. The van der Waals surface area contributed by atoms with Crippen molar-refractivity contribution in [3.8, 4) is 0 Å². The van der Waals surface area contributed by atoms with Crippen molar-refractivity contribution in [3.63, 3.8) is 0 Å². The predicted octanol–water partition coefficient (Wildman–Crippen LogP) is 0.210. The molecule has 0 atom stereocenters. The number of aryl methyl sites for hydroxylation is 2. The normalized spacial score (nSPS) is 10.6. The van der Waals surface area contributed by atoms with E-state index in [0.717, 1.165) is 12.2 Å². The van der Waals surface area contributed by atoms with Gasteiger partial charge in [0.2, 0.25) is 11.1 Å². The van der Waals surface area contributed by atoms with E-state index in [9.17, 15) is 9.59 Å². The van der Waals surface area contributed by atoms with Crippen LogP contribution in [0.25, 0.3) is 0 Å². The smallest absolute Gasteiger partial charge is 0.251 e. The van der Waals surface area contributed by atoms with Gasteiger partial charge in [-0.25, -0.2) is 9.97 Å². The third-order valence-corrected chi connectivity index (χ3v) is 3.64. The van der Waals surface area contributed by atoms with E-state index in [1.165, 1.54) is 17.8 Å². The van der Waals surface area contributed by atoms with E-state index in [-0.39, 0.29) is 17.2 Å². The molecule has 3 N–H and O–H groups in total.